The van der Waals surface area contributed by atoms with Crippen molar-refractivity contribution < 1.29 is 8.78 Å². The van der Waals surface area contributed by atoms with Crippen molar-refractivity contribution in [3.8, 4) is 0 Å². The quantitative estimate of drug-likeness (QED) is 0.100. The summed E-state index contributed by atoms with van der Waals surface area (Å²) in [6.07, 6.45) is 0. The van der Waals surface area contributed by atoms with E-state index in [1.807, 2.05) is 24.3 Å². The standard InChI is InChI=1S/C52H54F2N2Si2/c1-33(2)47-31-49(55(37-15-11-35(53)12-16-37)39-19-23-41(24-20-39)57(5,6)7)45-30-28-44-48(34(3)4)32-50(46-29-27-43(47)51(45)52(44)46)56(38-17-13-36(54)14-18-38)40-21-25-42(26-22-40)58(8,9)10/h11-34H,1-10H3. The lowest BCUT2D eigenvalue weighted by Crippen LogP contribution is -2.37. The molecule has 0 N–H and O–H groups in total. The fourth-order valence-corrected chi connectivity index (χ4v) is 10.9. The molecule has 0 aliphatic rings. The maximum absolute atomic E-state index is 14.5. The summed E-state index contributed by atoms with van der Waals surface area (Å²) < 4.78 is 29.1. The molecule has 0 saturated heterocycles. The van der Waals surface area contributed by atoms with E-state index in [-0.39, 0.29) is 23.5 Å². The van der Waals surface area contributed by atoms with Crippen molar-refractivity contribution in [1.82, 2.24) is 0 Å². The summed E-state index contributed by atoms with van der Waals surface area (Å²) in [6.45, 7) is 23.3. The van der Waals surface area contributed by atoms with E-state index in [4.69, 9.17) is 0 Å². The van der Waals surface area contributed by atoms with Gasteiger partial charge >= 0.3 is 0 Å². The second-order valence-electron chi connectivity index (χ2n) is 18.6. The van der Waals surface area contributed by atoms with E-state index in [1.165, 1.54) is 43.0 Å². The molecule has 58 heavy (non-hydrogen) atoms. The van der Waals surface area contributed by atoms with E-state index >= 15 is 0 Å². The average molecular weight is 801 g/mol. The van der Waals surface area contributed by atoms with E-state index in [2.05, 4.69) is 162 Å². The Morgan fingerprint density at radius 3 is 0.931 bits per heavy atom. The third-order valence-corrected chi connectivity index (χ3v) is 15.9. The van der Waals surface area contributed by atoms with Gasteiger partial charge in [-0.2, -0.15) is 0 Å². The summed E-state index contributed by atoms with van der Waals surface area (Å²) in [7, 11) is -3.10. The van der Waals surface area contributed by atoms with Crippen LogP contribution in [-0.4, -0.2) is 16.1 Å². The van der Waals surface area contributed by atoms with Crippen LogP contribution in [0.3, 0.4) is 0 Å². The Kier molecular flexibility index (Phi) is 10.1. The second-order valence-corrected chi connectivity index (χ2v) is 28.7. The molecule has 6 heteroatoms. The molecule has 0 amide bonds. The molecule has 0 aliphatic carbocycles. The highest BCUT2D eigenvalue weighted by atomic mass is 28.3. The zero-order valence-corrected chi connectivity index (χ0v) is 37.5. The maximum Gasteiger partial charge on any atom is 0.123 e. The van der Waals surface area contributed by atoms with Gasteiger partial charge in [-0.1, -0.05) is 126 Å². The van der Waals surface area contributed by atoms with E-state index in [9.17, 15) is 8.78 Å². The van der Waals surface area contributed by atoms with Crippen LogP contribution in [0.1, 0.15) is 50.7 Å². The van der Waals surface area contributed by atoms with Crippen LogP contribution >= 0.6 is 0 Å². The number of benzene rings is 8. The topological polar surface area (TPSA) is 6.48 Å². The van der Waals surface area contributed by atoms with Gasteiger partial charge in [0.05, 0.1) is 27.5 Å². The van der Waals surface area contributed by atoms with Gasteiger partial charge in [-0.25, -0.2) is 8.78 Å². The summed E-state index contributed by atoms with van der Waals surface area (Å²) >= 11 is 0. The van der Waals surface area contributed by atoms with Crippen LogP contribution in [0.25, 0.3) is 32.3 Å². The number of anilines is 6. The Balaban J connectivity index is 1.47. The summed E-state index contributed by atoms with van der Waals surface area (Å²) in [5.74, 6) is -0.0502. The normalized spacial score (nSPS) is 12.4. The molecule has 0 saturated carbocycles. The van der Waals surface area contributed by atoms with Crippen molar-refractivity contribution in [1.29, 1.82) is 0 Å². The van der Waals surface area contributed by atoms with Crippen molar-refractivity contribution in [2.24, 2.45) is 0 Å². The fourth-order valence-electron chi connectivity index (χ4n) is 8.59. The second kappa shape index (κ2) is 14.8. The maximum atomic E-state index is 14.5. The first-order valence-electron chi connectivity index (χ1n) is 20.6. The average Bonchev–Trinajstić information content (AvgIpc) is 3.18. The van der Waals surface area contributed by atoms with Crippen molar-refractivity contribution >= 4 is 93.0 Å². The summed E-state index contributed by atoms with van der Waals surface area (Å²) in [4.78, 5) is 4.61. The van der Waals surface area contributed by atoms with Crippen molar-refractivity contribution in [2.75, 3.05) is 9.80 Å². The zero-order chi connectivity index (χ0) is 41.3. The molecule has 0 heterocycles. The minimum absolute atomic E-state index is 0.234. The SMILES string of the molecule is CC(C)c1cc(N(c2ccc(F)cc2)c2ccc([Si](C)(C)C)cc2)c2ccc3c(C(C)C)cc(N(c4ccc(F)cc4)c4ccc([Si](C)(C)C)cc4)c4ccc1c2c34. The highest BCUT2D eigenvalue weighted by Crippen LogP contribution is 2.51. The van der Waals surface area contributed by atoms with Crippen LogP contribution in [-0.2, 0) is 0 Å². The molecule has 0 fully saturated rings. The van der Waals surface area contributed by atoms with Gasteiger partial charge in [0.15, 0.2) is 0 Å². The van der Waals surface area contributed by atoms with Crippen molar-refractivity contribution in [3.63, 3.8) is 0 Å². The molecule has 294 valence electrons. The van der Waals surface area contributed by atoms with E-state index in [0.717, 1.165) is 44.9 Å². The number of hydrogen-bond donors (Lipinski definition) is 0. The van der Waals surface area contributed by atoms with Gasteiger partial charge in [-0.05, 0) is 129 Å². The summed E-state index contributed by atoms with van der Waals surface area (Å²) in [6, 6.07) is 45.7. The Labute approximate surface area is 345 Å². The van der Waals surface area contributed by atoms with Crippen LogP contribution in [0.15, 0.2) is 133 Å². The highest BCUT2D eigenvalue weighted by molar-refractivity contribution is 6.89. The zero-order valence-electron chi connectivity index (χ0n) is 35.5. The lowest BCUT2D eigenvalue weighted by Gasteiger charge is -2.32. The third-order valence-electron chi connectivity index (χ3n) is 11.8. The monoisotopic (exact) mass is 800 g/mol. The third kappa shape index (κ3) is 7.11. The molecule has 0 atom stereocenters. The molecule has 0 unspecified atom stereocenters. The Hall–Kier alpha value is -5.31. The highest BCUT2D eigenvalue weighted by Gasteiger charge is 2.27. The minimum Gasteiger partial charge on any atom is -0.310 e. The largest absolute Gasteiger partial charge is 0.310 e. The Morgan fingerprint density at radius 1 is 0.379 bits per heavy atom. The van der Waals surface area contributed by atoms with E-state index in [0.29, 0.717) is 0 Å². The summed E-state index contributed by atoms with van der Waals surface area (Å²) in [5, 5.41) is 9.97. The van der Waals surface area contributed by atoms with Crippen LogP contribution in [0.4, 0.5) is 42.9 Å². The van der Waals surface area contributed by atoms with Crippen LogP contribution in [0.2, 0.25) is 39.3 Å². The predicted molar refractivity (Wildman–Crippen MR) is 254 cm³/mol. The number of hydrogen-bond acceptors (Lipinski definition) is 2. The summed E-state index contributed by atoms with van der Waals surface area (Å²) in [5.41, 5.74) is 8.52. The molecule has 8 rings (SSSR count). The molecule has 0 radical (unpaired) electrons. The Morgan fingerprint density at radius 2 is 0.655 bits per heavy atom. The molecular formula is C52H54F2N2Si2. The molecule has 2 nitrogen and oxygen atoms in total. The lowest BCUT2D eigenvalue weighted by atomic mass is 9.84. The number of rotatable bonds is 10. The van der Waals surface area contributed by atoms with E-state index in [1.54, 1.807) is 24.3 Å². The van der Waals surface area contributed by atoms with Crippen molar-refractivity contribution in [3.05, 3.63) is 156 Å². The first kappa shape index (κ1) is 39.5. The molecule has 8 aromatic rings. The number of halogens is 2. The molecule has 0 aromatic heterocycles. The van der Waals surface area contributed by atoms with E-state index < -0.39 is 16.1 Å². The van der Waals surface area contributed by atoms with Gasteiger partial charge in [0.25, 0.3) is 0 Å². The molecule has 0 spiro atoms. The van der Waals surface area contributed by atoms with Crippen LogP contribution in [0.5, 0.6) is 0 Å². The molecule has 8 aromatic carbocycles. The smallest absolute Gasteiger partial charge is 0.123 e. The van der Waals surface area contributed by atoms with Crippen LogP contribution < -0.4 is 20.2 Å². The predicted octanol–water partition coefficient (Wildman–Crippen LogP) is 15.1. The minimum atomic E-state index is -1.55. The van der Waals surface area contributed by atoms with Crippen LogP contribution in [0, 0.1) is 11.6 Å². The van der Waals surface area contributed by atoms with Gasteiger partial charge in [0, 0.05) is 33.5 Å². The first-order chi connectivity index (χ1) is 27.5. The Bertz CT molecular complexity index is 2550. The van der Waals surface area contributed by atoms with Gasteiger partial charge in [0.2, 0.25) is 0 Å². The fraction of sp³-hybridized carbons (Fsp3) is 0.231. The molecule has 0 bridgehead atoms. The lowest BCUT2D eigenvalue weighted by molar-refractivity contribution is 0.627. The van der Waals surface area contributed by atoms with Crippen molar-refractivity contribution in [2.45, 2.75) is 78.8 Å². The van der Waals surface area contributed by atoms with Gasteiger partial charge in [-0.15, -0.1) is 0 Å². The van der Waals surface area contributed by atoms with Gasteiger partial charge in [-0.3, -0.25) is 0 Å². The molecule has 0 aliphatic heterocycles. The number of nitrogens with zero attached hydrogens (tertiary/aromatic N) is 2. The first-order valence-corrected chi connectivity index (χ1v) is 27.6. The molecular weight excluding hydrogens is 747 g/mol. The van der Waals surface area contributed by atoms with Gasteiger partial charge in [0.1, 0.15) is 11.6 Å². The van der Waals surface area contributed by atoms with Gasteiger partial charge < -0.3 is 9.80 Å².